The molecule has 1 nitrogen and oxygen atoms in total. The lowest BCUT2D eigenvalue weighted by Crippen LogP contribution is -2.18. The molecule has 0 radical (unpaired) electrons. The third kappa shape index (κ3) is 1.64. The molecule has 1 heterocycles. The second-order valence-corrected chi connectivity index (χ2v) is 3.79. The molecule has 0 spiro atoms. The minimum absolute atomic E-state index is 0.623. The zero-order valence-corrected chi connectivity index (χ0v) is 6.96. The average molecular weight is 152 g/mol. The first-order valence-corrected chi connectivity index (χ1v) is 4.64. The summed E-state index contributed by atoms with van der Waals surface area (Å²) in [6, 6.07) is 0. The molecule has 0 N–H and O–H groups in total. The van der Waals surface area contributed by atoms with Crippen molar-refractivity contribution >= 4 is 0 Å². The zero-order chi connectivity index (χ0) is 7.68. The Kier molecular flexibility index (Phi) is 1.99. The van der Waals surface area contributed by atoms with Crippen LogP contribution in [0.3, 0.4) is 0 Å². The molecule has 1 aliphatic heterocycles. The zero-order valence-electron chi connectivity index (χ0n) is 6.96. The number of rotatable bonds is 2. The van der Waals surface area contributed by atoms with Crippen LogP contribution in [0, 0.1) is 11.8 Å². The molecule has 0 bridgehead atoms. The summed E-state index contributed by atoms with van der Waals surface area (Å²) in [6.45, 7) is 4.88. The van der Waals surface area contributed by atoms with Crippen LogP contribution in [0.15, 0.2) is 12.7 Å². The van der Waals surface area contributed by atoms with Crippen LogP contribution in [-0.2, 0) is 4.74 Å². The van der Waals surface area contributed by atoms with Gasteiger partial charge in [-0.3, -0.25) is 0 Å². The summed E-state index contributed by atoms with van der Waals surface area (Å²) in [4.78, 5) is 0. The van der Waals surface area contributed by atoms with E-state index >= 15 is 0 Å². The molecule has 0 aromatic heterocycles. The normalized spacial score (nSPS) is 43.5. The van der Waals surface area contributed by atoms with E-state index in [4.69, 9.17) is 4.74 Å². The number of hydrogen-bond acceptors (Lipinski definition) is 1. The first-order valence-electron chi connectivity index (χ1n) is 4.64. The van der Waals surface area contributed by atoms with Crippen molar-refractivity contribution in [3.8, 4) is 0 Å². The maximum absolute atomic E-state index is 5.31. The highest BCUT2D eigenvalue weighted by Gasteiger charge is 2.35. The maximum Gasteiger partial charge on any atom is 0.0838 e. The molecule has 1 aliphatic carbocycles. The molecule has 62 valence electrons. The molecule has 2 fully saturated rings. The molecule has 1 saturated heterocycles. The van der Waals surface area contributed by atoms with Gasteiger partial charge in [-0.2, -0.15) is 0 Å². The molecule has 0 aromatic carbocycles. The first kappa shape index (κ1) is 7.35. The van der Waals surface area contributed by atoms with Crippen LogP contribution in [0.1, 0.15) is 25.7 Å². The van der Waals surface area contributed by atoms with Crippen LogP contribution in [0.25, 0.3) is 0 Å². The first-order chi connectivity index (χ1) is 5.40. The van der Waals surface area contributed by atoms with Crippen LogP contribution in [-0.4, -0.2) is 12.7 Å². The summed E-state index contributed by atoms with van der Waals surface area (Å²) < 4.78 is 5.31. The van der Waals surface area contributed by atoms with Crippen LogP contribution >= 0.6 is 0 Å². The van der Waals surface area contributed by atoms with Gasteiger partial charge in [0, 0.05) is 0 Å². The van der Waals surface area contributed by atoms with Gasteiger partial charge in [-0.05, 0) is 31.1 Å². The fourth-order valence-electron chi connectivity index (χ4n) is 2.15. The van der Waals surface area contributed by atoms with E-state index in [-0.39, 0.29) is 0 Å². The molecule has 1 heteroatoms. The summed E-state index contributed by atoms with van der Waals surface area (Å²) in [5, 5.41) is 0. The molecule has 0 aromatic rings. The molecule has 0 amide bonds. The Hall–Kier alpha value is -0.300. The number of allylic oxidation sites excluding steroid dienone is 1. The van der Waals surface area contributed by atoms with Gasteiger partial charge in [0.2, 0.25) is 0 Å². The van der Waals surface area contributed by atoms with Gasteiger partial charge in [-0.25, -0.2) is 0 Å². The van der Waals surface area contributed by atoms with E-state index in [1.807, 2.05) is 0 Å². The molecule has 3 atom stereocenters. The second-order valence-electron chi connectivity index (χ2n) is 3.79. The van der Waals surface area contributed by atoms with E-state index in [1.165, 1.54) is 25.7 Å². The van der Waals surface area contributed by atoms with E-state index in [9.17, 15) is 0 Å². The Labute approximate surface area is 68.4 Å². The van der Waals surface area contributed by atoms with Gasteiger partial charge in [0.25, 0.3) is 0 Å². The fourth-order valence-corrected chi connectivity index (χ4v) is 2.15. The standard InChI is InChI=1S/C10H16O/c1-2-8-4-3-5-9(6-8)10-7-11-10/h2,8-10H,1,3-7H2. The maximum atomic E-state index is 5.31. The van der Waals surface area contributed by atoms with Gasteiger partial charge < -0.3 is 4.74 Å². The third-order valence-corrected chi connectivity index (χ3v) is 2.97. The number of epoxide rings is 1. The van der Waals surface area contributed by atoms with Gasteiger partial charge >= 0.3 is 0 Å². The molecule has 2 rings (SSSR count). The van der Waals surface area contributed by atoms with Gasteiger partial charge in [0.1, 0.15) is 0 Å². The minimum atomic E-state index is 0.623. The Balaban J connectivity index is 1.86. The number of hydrogen-bond donors (Lipinski definition) is 0. The fraction of sp³-hybridized carbons (Fsp3) is 0.800. The molecular formula is C10H16O. The van der Waals surface area contributed by atoms with E-state index in [1.54, 1.807) is 0 Å². The van der Waals surface area contributed by atoms with E-state index < -0.39 is 0 Å². The lowest BCUT2D eigenvalue weighted by molar-refractivity contribution is 0.238. The largest absolute Gasteiger partial charge is 0.373 e. The summed E-state index contributed by atoms with van der Waals surface area (Å²) in [5.41, 5.74) is 0. The Bertz CT molecular complexity index is 149. The van der Waals surface area contributed by atoms with Gasteiger partial charge in [0.15, 0.2) is 0 Å². The van der Waals surface area contributed by atoms with Crippen molar-refractivity contribution in [3.05, 3.63) is 12.7 Å². The summed E-state index contributed by atoms with van der Waals surface area (Å²) in [5.74, 6) is 1.63. The summed E-state index contributed by atoms with van der Waals surface area (Å²) in [7, 11) is 0. The second kappa shape index (κ2) is 2.98. The van der Waals surface area contributed by atoms with Crippen LogP contribution < -0.4 is 0 Å². The smallest absolute Gasteiger partial charge is 0.0838 e. The van der Waals surface area contributed by atoms with Crippen molar-refractivity contribution in [3.63, 3.8) is 0 Å². The van der Waals surface area contributed by atoms with Crippen molar-refractivity contribution in [2.24, 2.45) is 11.8 Å². The topological polar surface area (TPSA) is 12.5 Å². The summed E-state index contributed by atoms with van der Waals surface area (Å²) >= 11 is 0. The number of ether oxygens (including phenoxy) is 1. The quantitative estimate of drug-likeness (QED) is 0.437. The van der Waals surface area contributed by atoms with Crippen molar-refractivity contribution in [2.75, 3.05) is 6.61 Å². The predicted molar refractivity (Wildman–Crippen MR) is 45.4 cm³/mol. The highest BCUT2D eigenvalue weighted by Crippen LogP contribution is 2.36. The lowest BCUT2D eigenvalue weighted by atomic mass is 9.80. The average Bonchev–Trinajstić information content (AvgIpc) is 2.87. The van der Waals surface area contributed by atoms with Gasteiger partial charge in [0.05, 0.1) is 12.7 Å². The van der Waals surface area contributed by atoms with E-state index in [2.05, 4.69) is 12.7 Å². The summed E-state index contributed by atoms with van der Waals surface area (Å²) in [6.07, 6.45) is 8.18. The predicted octanol–water partition coefficient (Wildman–Crippen LogP) is 2.38. The molecule has 3 unspecified atom stereocenters. The van der Waals surface area contributed by atoms with Crippen molar-refractivity contribution in [1.82, 2.24) is 0 Å². The van der Waals surface area contributed by atoms with Gasteiger partial charge in [-0.1, -0.05) is 12.5 Å². The van der Waals surface area contributed by atoms with Crippen LogP contribution in [0.2, 0.25) is 0 Å². The van der Waals surface area contributed by atoms with Crippen molar-refractivity contribution in [1.29, 1.82) is 0 Å². The monoisotopic (exact) mass is 152 g/mol. The third-order valence-electron chi connectivity index (χ3n) is 2.97. The Morgan fingerprint density at radius 3 is 2.82 bits per heavy atom. The Morgan fingerprint density at radius 2 is 2.18 bits per heavy atom. The lowest BCUT2D eigenvalue weighted by Gasteiger charge is -2.25. The minimum Gasteiger partial charge on any atom is -0.373 e. The molecule has 2 aliphatic rings. The highest BCUT2D eigenvalue weighted by atomic mass is 16.6. The van der Waals surface area contributed by atoms with Crippen LogP contribution in [0.4, 0.5) is 0 Å². The SMILES string of the molecule is C=CC1CCCC(C2CO2)C1. The van der Waals surface area contributed by atoms with Crippen molar-refractivity contribution in [2.45, 2.75) is 31.8 Å². The molecule has 11 heavy (non-hydrogen) atoms. The Morgan fingerprint density at radius 1 is 1.36 bits per heavy atom. The molecule has 1 saturated carbocycles. The van der Waals surface area contributed by atoms with Crippen molar-refractivity contribution < 1.29 is 4.74 Å². The van der Waals surface area contributed by atoms with E-state index in [0.29, 0.717) is 6.10 Å². The highest BCUT2D eigenvalue weighted by molar-refractivity contribution is 4.90. The van der Waals surface area contributed by atoms with Gasteiger partial charge in [-0.15, -0.1) is 6.58 Å². The van der Waals surface area contributed by atoms with E-state index in [0.717, 1.165) is 18.4 Å². The van der Waals surface area contributed by atoms with Crippen LogP contribution in [0.5, 0.6) is 0 Å². The molecular weight excluding hydrogens is 136 g/mol.